The van der Waals surface area contributed by atoms with E-state index in [0.29, 0.717) is 24.6 Å². The van der Waals surface area contributed by atoms with Gasteiger partial charge in [0.25, 0.3) is 5.56 Å². The highest BCUT2D eigenvalue weighted by molar-refractivity contribution is 8.68. The quantitative estimate of drug-likeness (QED) is 0.428. The number of aromatic amines is 2. The van der Waals surface area contributed by atoms with E-state index in [-0.39, 0.29) is 48.1 Å². The molecule has 0 amide bonds. The van der Waals surface area contributed by atoms with Crippen LogP contribution in [0.4, 0.5) is 0 Å². The van der Waals surface area contributed by atoms with E-state index >= 15 is 0 Å². The van der Waals surface area contributed by atoms with Crippen LogP contribution in [-0.2, 0) is 25.6 Å². The molecular formula is C21H31N4O5PS3. The summed E-state index contributed by atoms with van der Waals surface area (Å²) in [6.45, 7) is 10.9. The Labute approximate surface area is 213 Å². The third-order valence-electron chi connectivity index (χ3n) is 7.16. The Bertz CT molecular complexity index is 1260. The van der Waals surface area contributed by atoms with Crippen molar-refractivity contribution in [1.82, 2.24) is 19.5 Å². The lowest BCUT2D eigenvalue weighted by Crippen LogP contribution is -2.39. The van der Waals surface area contributed by atoms with E-state index in [9.17, 15) is 9.59 Å². The largest absolute Gasteiger partial charge is 0.352 e. The van der Waals surface area contributed by atoms with Crippen molar-refractivity contribution in [2.45, 2.75) is 69.6 Å². The van der Waals surface area contributed by atoms with Gasteiger partial charge in [0.05, 0.1) is 25.1 Å². The van der Waals surface area contributed by atoms with Crippen LogP contribution >= 0.6 is 30.6 Å². The number of aromatic nitrogens is 4. The van der Waals surface area contributed by atoms with E-state index in [1.54, 1.807) is 15.9 Å². The molecule has 2 aromatic heterocycles. The molecule has 3 aliphatic rings. The first kappa shape index (κ1) is 26.2. The number of fused-ring (bicyclic) bond motifs is 2. The van der Waals surface area contributed by atoms with Gasteiger partial charge >= 0.3 is 5.69 Å². The molecule has 2 aromatic rings. The molecule has 5 rings (SSSR count). The number of hydrogen-bond acceptors (Lipinski definition) is 8. The molecule has 13 heteroatoms. The van der Waals surface area contributed by atoms with Crippen LogP contribution in [-0.4, -0.2) is 43.1 Å². The molecule has 0 unspecified atom stereocenters. The summed E-state index contributed by atoms with van der Waals surface area (Å²) in [5.41, 5.74) is -1.82. The number of hydrogen-bond donors (Lipinski definition) is 2. The van der Waals surface area contributed by atoms with Crippen LogP contribution < -0.4 is 11.2 Å². The molecule has 9 nitrogen and oxygen atoms in total. The Morgan fingerprint density at radius 1 is 1.44 bits per heavy atom. The average molecular weight is 547 g/mol. The van der Waals surface area contributed by atoms with Gasteiger partial charge in [0.15, 0.2) is 5.52 Å². The summed E-state index contributed by atoms with van der Waals surface area (Å²) in [5.74, 6) is 0.675. The first-order valence-corrected chi connectivity index (χ1v) is 15.3. The molecule has 1 saturated carbocycles. The van der Waals surface area contributed by atoms with Gasteiger partial charge in [0.1, 0.15) is 11.9 Å². The maximum atomic E-state index is 12.0. The third kappa shape index (κ3) is 4.75. The van der Waals surface area contributed by atoms with Gasteiger partial charge in [-0.05, 0) is 63.2 Å². The second-order valence-corrected chi connectivity index (χ2v) is 16.3. The van der Waals surface area contributed by atoms with Crippen LogP contribution in [0.15, 0.2) is 28.1 Å². The van der Waals surface area contributed by atoms with Crippen molar-refractivity contribution in [3.05, 3.63) is 39.3 Å². The first-order chi connectivity index (χ1) is 15.6. The Balaban J connectivity index is 0.00000274. The van der Waals surface area contributed by atoms with Crippen molar-refractivity contribution in [1.29, 1.82) is 0 Å². The number of rotatable bonds is 5. The van der Waals surface area contributed by atoms with Gasteiger partial charge in [-0.2, -0.15) is 13.5 Å². The summed E-state index contributed by atoms with van der Waals surface area (Å²) < 4.78 is 20.6. The van der Waals surface area contributed by atoms with Crippen molar-refractivity contribution >= 4 is 53.5 Å². The highest BCUT2D eigenvalue weighted by Gasteiger charge is 2.53. The minimum Gasteiger partial charge on any atom is -0.352 e. The second kappa shape index (κ2) is 9.53. The van der Waals surface area contributed by atoms with E-state index in [4.69, 9.17) is 25.6 Å². The van der Waals surface area contributed by atoms with Crippen LogP contribution in [0.1, 0.15) is 52.7 Å². The number of H-pyrrole nitrogens is 2. The van der Waals surface area contributed by atoms with Crippen molar-refractivity contribution in [2.24, 2.45) is 11.8 Å². The van der Waals surface area contributed by atoms with Crippen LogP contribution in [0.3, 0.4) is 0 Å². The summed E-state index contributed by atoms with van der Waals surface area (Å²) in [6, 6.07) is 0. The fourth-order valence-corrected chi connectivity index (χ4v) is 12.2. The molecule has 0 aromatic carbocycles. The molecular weight excluding hydrogens is 515 g/mol. The number of nitrogens with one attached hydrogen (secondary N) is 2. The van der Waals surface area contributed by atoms with Gasteiger partial charge in [-0.25, -0.2) is 9.78 Å². The topological polar surface area (TPSA) is 111 Å². The van der Waals surface area contributed by atoms with E-state index < -0.39 is 16.9 Å². The monoisotopic (exact) mass is 546 g/mol. The van der Waals surface area contributed by atoms with E-state index in [1.807, 2.05) is 0 Å². The summed E-state index contributed by atoms with van der Waals surface area (Å²) in [4.78, 5) is 32.7. The summed E-state index contributed by atoms with van der Waals surface area (Å²) in [7, 11) is 0. The molecule has 34 heavy (non-hydrogen) atoms. The van der Waals surface area contributed by atoms with Crippen molar-refractivity contribution < 1.29 is 13.8 Å². The van der Waals surface area contributed by atoms with Crippen molar-refractivity contribution in [3.63, 3.8) is 0 Å². The molecule has 1 aliphatic carbocycles. The van der Waals surface area contributed by atoms with Crippen molar-refractivity contribution in [3.8, 4) is 0 Å². The van der Waals surface area contributed by atoms with Crippen molar-refractivity contribution in [2.75, 3.05) is 6.61 Å². The lowest BCUT2D eigenvalue weighted by Gasteiger charge is -2.37. The molecule has 0 bridgehead atoms. The number of ether oxygens (including phenoxy) is 1. The van der Waals surface area contributed by atoms with Gasteiger partial charge in [-0.1, -0.05) is 30.5 Å². The summed E-state index contributed by atoms with van der Waals surface area (Å²) in [6.07, 6.45) is 4.89. The zero-order chi connectivity index (χ0) is 23.5. The van der Waals surface area contributed by atoms with Gasteiger partial charge in [-0.3, -0.25) is 19.3 Å². The van der Waals surface area contributed by atoms with Gasteiger partial charge in [-0.15, -0.1) is 0 Å². The molecule has 2 aliphatic heterocycles. The molecule has 188 valence electrons. The van der Waals surface area contributed by atoms with Gasteiger partial charge in [0.2, 0.25) is 5.69 Å². The predicted octanol–water partition coefficient (Wildman–Crippen LogP) is 3.96. The normalized spacial score (nSPS) is 37.4. The Hall–Kier alpha value is -0.880. The van der Waals surface area contributed by atoms with E-state index in [1.165, 1.54) is 11.9 Å². The SMILES string of the molecule is C=C(C)[C@@H]1CC[C@]2(C)S[P@@](=S)(OC[C@H]3O[C@@H](n4cnc5c(=O)[nH]c(=O)[nH]c54)C[C@@H]3C)O[C@H]2C1.S. The zero-order valence-electron chi connectivity index (χ0n) is 19.4. The molecule has 3 fully saturated rings. The van der Waals surface area contributed by atoms with Crippen LogP contribution in [0.5, 0.6) is 0 Å². The highest BCUT2D eigenvalue weighted by atomic mass is 32.9. The number of imidazole rings is 1. The Morgan fingerprint density at radius 2 is 2.21 bits per heavy atom. The molecule has 2 N–H and O–H groups in total. The van der Waals surface area contributed by atoms with E-state index in [2.05, 4.69) is 42.3 Å². The average Bonchev–Trinajstić information content (AvgIpc) is 3.38. The number of nitrogens with zero attached hydrogens (tertiary/aromatic N) is 2. The molecule has 0 radical (unpaired) electrons. The van der Waals surface area contributed by atoms with Crippen LogP contribution in [0, 0.1) is 11.8 Å². The Kier molecular flexibility index (Phi) is 7.34. The molecule has 0 spiro atoms. The third-order valence-corrected chi connectivity index (χ3v) is 13.0. The summed E-state index contributed by atoms with van der Waals surface area (Å²) >= 11 is 7.59. The minimum absolute atomic E-state index is 0. The minimum atomic E-state index is -2.48. The maximum Gasteiger partial charge on any atom is 0.327 e. The van der Waals surface area contributed by atoms with Gasteiger partial charge < -0.3 is 13.8 Å². The highest BCUT2D eigenvalue weighted by Crippen LogP contribution is 2.75. The van der Waals surface area contributed by atoms with Crippen LogP contribution in [0.2, 0.25) is 0 Å². The van der Waals surface area contributed by atoms with E-state index in [0.717, 1.165) is 19.3 Å². The maximum absolute atomic E-state index is 12.0. The summed E-state index contributed by atoms with van der Waals surface area (Å²) in [5, 5.41) is 0. The Morgan fingerprint density at radius 3 is 2.94 bits per heavy atom. The standard InChI is InChI=1S/C21H29N4O5PS2.H2S/c1-11(2)13-5-6-21(4)15(8-13)30-31(32,33-21)28-9-14-12(3)7-16(29-14)25-10-22-17-18(25)23-20(27)24-19(17)26;/h10,12-16H,1,5-9H2,2-4H3,(H2,23,24,26,27);1H2/t12-,13+,14+,15-,16+,21-,31-;/m0./s1. The lowest BCUT2D eigenvalue weighted by atomic mass is 9.77. The first-order valence-electron chi connectivity index (χ1n) is 11.2. The number of allylic oxidation sites excluding steroid dienone is 1. The lowest BCUT2D eigenvalue weighted by molar-refractivity contribution is -0.0236. The fraction of sp³-hybridized carbons (Fsp3) is 0.667. The molecule has 7 atom stereocenters. The molecule has 4 heterocycles. The van der Waals surface area contributed by atoms with Crippen LogP contribution in [0.25, 0.3) is 11.2 Å². The zero-order valence-corrected chi connectivity index (χ0v) is 22.9. The fourth-order valence-electron chi connectivity index (χ4n) is 5.02. The van der Waals surface area contributed by atoms with Gasteiger partial charge in [0, 0.05) is 4.75 Å². The smallest absolute Gasteiger partial charge is 0.327 e. The predicted molar refractivity (Wildman–Crippen MR) is 142 cm³/mol. The molecule has 2 saturated heterocycles. The second-order valence-electron chi connectivity index (χ2n) is 9.66.